The quantitative estimate of drug-likeness (QED) is 0.0393. The summed E-state index contributed by atoms with van der Waals surface area (Å²) < 4.78 is 0. The van der Waals surface area contributed by atoms with Gasteiger partial charge in [-0.3, -0.25) is 4.79 Å². The highest BCUT2D eigenvalue weighted by molar-refractivity contribution is 5.80. The maximum atomic E-state index is 12.4. The van der Waals surface area contributed by atoms with Gasteiger partial charge in [0.1, 0.15) is 6.10 Å². The standard InChI is InChI=1S/C43H79NO4/c1-3-5-7-9-11-13-15-17-19-20-21-22-24-26-28-30-32-34-36-38-42(47)43(48)44-40(39-45)41(46)37-35-33-31-29-27-25-23-18-16-14-12-10-8-6-4-2/h16,18,21-22,27,29,35,37,40-42,45-47H,3-15,17,19-20,23-26,28,30-34,36,38-39H2,1-2H3,(H,44,48)/b18-16+,22-21-,29-27+,37-35+. The van der Waals surface area contributed by atoms with Gasteiger partial charge in [-0.25, -0.2) is 0 Å². The van der Waals surface area contributed by atoms with Crippen LogP contribution in [-0.4, -0.2) is 46.1 Å². The first kappa shape index (κ1) is 46.3. The monoisotopic (exact) mass is 674 g/mol. The molecule has 0 aromatic heterocycles. The number of amides is 1. The van der Waals surface area contributed by atoms with Crippen LogP contribution in [0.4, 0.5) is 0 Å². The number of aliphatic hydroxyl groups is 3. The molecule has 1 amide bonds. The zero-order valence-electron chi connectivity index (χ0n) is 31.6. The number of carbonyl (C=O) groups is 1. The van der Waals surface area contributed by atoms with Crippen LogP contribution in [0.5, 0.6) is 0 Å². The molecule has 0 aliphatic heterocycles. The second-order valence-electron chi connectivity index (χ2n) is 13.8. The Bertz CT molecular complexity index is 790. The van der Waals surface area contributed by atoms with E-state index in [1.807, 2.05) is 6.08 Å². The third-order valence-corrected chi connectivity index (χ3v) is 9.12. The van der Waals surface area contributed by atoms with Crippen molar-refractivity contribution in [3.8, 4) is 0 Å². The Morgan fingerprint density at radius 1 is 0.500 bits per heavy atom. The van der Waals surface area contributed by atoms with E-state index in [-0.39, 0.29) is 6.61 Å². The minimum Gasteiger partial charge on any atom is -0.394 e. The van der Waals surface area contributed by atoms with Crippen molar-refractivity contribution in [2.24, 2.45) is 0 Å². The summed E-state index contributed by atoms with van der Waals surface area (Å²) in [7, 11) is 0. The van der Waals surface area contributed by atoms with Crippen molar-refractivity contribution in [1.29, 1.82) is 0 Å². The fraction of sp³-hybridized carbons (Fsp3) is 0.791. The molecule has 0 aromatic rings. The van der Waals surface area contributed by atoms with E-state index in [0.29, 0.717) is 6.42 Å². The summed E-state index contributed by atoms with van der Waals surface area (Å²) in [4.78, 5) is 12.4. The molecule has 0 spiro atoms. The number of aliphatic hydroxyl groups excluding tert-OH is 3. The predicted octanol–water partition coefficient (Wildman–Crippen LogP) is 11.4. The number of allylic oxidation sites excluding steroid dienone is 7. The molecule has 0 aromatic carbocycles. The van der Waals surface area contributed by atoms with Gasteiger partial charge in [0.2, 0.25) is 5.91 Å². The van der Waals surface area contributed by atoms with E-state index in [4.69, 9.17) is 0 Å². The van der Waals surface area contributed by atoms with Crippen molar-refractivity contribution < 1.29 is 20.1 Å². The lowest BCUT2D eigenvalue weighted by atomic mass is 10.0. The summed E-state index contributed by atoms with van der Waals surface area (Å²) >= 11 is 0. The minimum atomic E-state index is -1.11. The third-order valence-electron chi connectivity index (χ3n) is 9.12. The number of rotatable bonds is 36. The Morgan fingerprint density at radius 2 is 0.854 bits per heavy atom. The zero-order chi connectivity index (χ0) is 35.2. The average molecular weight is 674 g/mol. The van der Waals surface area contributed by atoms with E-state index < -0.39 is 24.2 Å². The molecule has 5 nitrogen and oxygen atoms in total. The van der Waals surface area contributed by atoms with Gasteiger partial charge in [-0.2, -0.15) is 0 Å². The largest absolute Gasteiger partial charge is 0.394 e. The van der Waals surface area contributed by atoms with Crippen molar-refractivity contribution in [1.82, 2.24) is 5.32 Å². The predicted molar refractivity (Wildman–Crippen MR) is 208 cm³/mol. The molecule has 0 bridgehead atoms. The van der Waals surface area contributed by atoms with Gasteiger partial charge in [-0.15, -0.1) is 0 Å². The van der Waals surface area contributed by atoms with Crippen LogP contribution in [-0.2, 0) is 4.79 Å². The Labute approximate surface area is 297 Å². The van der Waals surface area contributed by atoms with Crippen LogP contribution in [0.2, 0.25) is 0 Å². The lowest BCUT2D eigenvalue weighted by Gasteiger charge is -2.21. The molecule has 0 radical (unpaired) electrons. The van der Waals surface area contributed by atoms with Crippen molar-refractivity contribution in [3.05, 3.63) is 48.6 Å². The number of hydrogen-bond donors (Lipinski definition) is 4. The lowest BCUT2D eigenvalue weighted by Crippen LogP contribution is -2.48. The molecular formula is C43H79NO4. The molecule has 0 rings (SSSR count). The van der Waals surface area contributed by atoms with Gasteiger partial charge in [0.15, 0.2) is 0 Å². The molecular weight excluding hydrogens is 594 g/mol. The summed E-state index contributed by atoms with van der Waals surface area (Å²) in [6.07, 6.45) is 48.4. The van der Waals surface area contributed by atoms with Crippen LogP contribution in [0, 0.1) is 0 Å². The van der Waals surface area contributed by atoms with Gasteiger partial charge in [-0.05, 0) is 70.6 Å². The number of carbonyl (C=O) groups excluding carboxylic acids is 1. The van der Waals surface area contributed by atoms with Crippen molar-refractivity contribution in [2.45, 2.75) is 212 Å². The molecule has 280 valence electrons. The van der Waals surface area contributed by atoms with E-state index in [1.54, 1.807) is 6.08 Å². The van der Waals surface area contributed by atoms with E-state index >= 15 is 0 Å². The Kier molecular flexibility index (Phi) is 36.8. The second kappa shape index (κ2) is 38.1. The highest BCUT2D eigenvalue weighted by Gasteiger charge is 2.22. The van der Waals surface area contributed by atoms with Gasteiger partial charge in [0.05, 0.1) is 18.8 Å². The fourth-order valence-electron chi connectivity index (χ4n) is 5.86. The van der Waals surface area contributed by atoms with Crippen LogP contribution >= 0.6 is 0 Å². The molecule has 0 aliphatic rings. The Balaban J connectivity index is 3.78. The van der Waals surface area contributed by atoms with E-state index in [9.17, 15) is 20.1 Å². The zero-order valence-corrected chi connectivity index (χ0v) is 31.6. The van der Waals surface area contributed by atoms with Crippen LogP contribution in [0.1, 0.15) is 194 Å². The number of nitrogens with one attached hydrogen (secondary N) is 1. The first-order valence-corrected chi connectivity index (χ1v) is 20.5. The smallest absolute Gasteiger partial charge is 0.249 e. The molecule has 3 unspecified atom stereocenters. The number of hydrogen-bond acceptors (Lipinski definition) is 4. The third kappa shape index (κ3) is 32.8. The topological polar surface area (TPSA) is 89.8 Å². The summed E-state index contributed by atoms with van der Waals surface area (Å²) in [6, 6.07) is -0.823. The van der Waals surface area contributed by atoms with Gasteiger partial charge in [0.25, 0.3) is 0 Å². The summed E-state index contributed by atoms with van der Waals surface area (Å²) in [6.45, 7) is 4.14. The van der Waals surface area contributed by atoms with Gasteiger partial charge >= 0.3 is 0 Å². The molecule has 5 heteroatoms. The van der Waals surface area contributed by atoms with Gasteiger partial charge in [0, 0.05) is 0 Å². The summed E-state index contributed by atoms with van der Waals surface area (Å²) in [5.74, 6) is -0.524. The first-order chi connectivity index (χ1) is 23.6. The molecule has 0 saturated carbocycles. The molecule has 0 aliphatic carbocycles. The van der Waals surface area contributed by atoms with Crippen LogP contribution in [0.15, 0.2) is 48.6 Å². The van der Waals surface area contributed by atoms with Crippen molar-refractivity contribution >= 4 is 5.91 Å². The molecule has 48 heavy (non-hydrogen) atoms. The molecule has 4 N–H and O–H groups in total. The lowest BCUT2D eigenvalue weighted by molar-refractivity contribution is -0.131. The molecule has 0 saturated heterocycles. The van der Waals surface area contributed by atoms with Crippen LogP contribution in [0.25, 0.3) is 0 Å². The van der Waals surface area contributed by atoms with Crippen LogP contribution in [0.3, 0.4) is 0 Å². The molecule has 0 fully saturated rings. The summed E-state index contributed by atoms with van der Waals surface area (Å²) in [5.41, 5.74) is 0. The van der Waals surface area contributed by atoms with Crippen LogP contribution < -0.4 is 5.32 Å². The van der Waals surface area contributed by atoms with E-state index in [1.165, 1.54) is 122 Å². The molecule has 3 atom stereocenters. The van der Waals surface area contributed by atoms with E-state index in [0.717, 1.165) is 51.4 Å². The maximum absolute atomic E-state index is 12.4. The second-order valence-corrected chi connectivity index (χ2v) is 13.8. The van der Waals surface area contributed by atoms with E-state index in [2.05, 4.69) is 55.6 Å². The average Bonchev–Trinajstić information content (AvgIpc) is 3.09. The number of unbranched alkanes of at least 4 members (excludes halogenated alkanes) is 22. The summed E-state index contributed by atoms with van der Waals surface area (Å²) in [5, 5.41) is 33.0. The Hall–Kier alpha value is -1.69. The SMILES string of the molecule is CCCCCCC/C=C/CC/C=C/CC/C=C/C(O)C(CO)NC(=O)C(O)CCCCCCCC/C=C\CCCCCCCCCCC. The highest BCUT2D eigenvalue weighted by atomic mass is 16.3. The molecule has 0 heterocycles. The first-order valence-electron chi connectivity index (χ1n) is 20.5. The fourth-order valence-corrected chi connectivity index (χ4v) is 5.86. The van der Waals surface area contributed by atoms with Crippen molar-refractivity contribution in [2.75, 3.05) is 6.61 Å². The highest BCUT2D eigenvalue weighted by Crippen LogP contribution is 2.13. The minimum absolute atomic E-state index is 0.384. The van der Waals surface area contributed by atoms with Gasteiger partial charge < -0.3 is 20.6 Å². The van der Waals surface area contributed by atoms with Crippen molar-refractivity contribution in [3.63, 3.8) is 0 Å². The Morgan fingerprint density at radius 3 is 1.27 bits per heavy atom. The maximum Gasteiger partial charge on any atom is 0.249 e. The normalized spacial score (nSPS) is 14.2. The van der Waals surface area contributed by atoms with Gasteiger partial charge in [-0.1, -0.05) is 172 Å².